The molecule has 5 nitrogen and oxygen atoms in total. The van der Waals surface area contributed by atoms with Crippen LogP contribution in [0, 0.1) is 20.8 Å². The van der Waals surface area contributed by atoms with Crippen LogP contribution in [-0.4, -0.2) is 20.9 Å². The molecule has 0 saturated carbocycles. The Hall–Kier alpha value is -2.83. The molecule has 0 spiro atoms. The van der Waals surface area contributed by atoms with E-state index in [2.05, 4.69) is 11.4 Å². The third kappa shape index (κ3) is 5.31. The van der Waals surface area contributed by atoms with Gasteiger partial charge in [-0.3, -0.25) is 9.10 Å². The van der Waals surface area contributed by atoms with Crippen LogP contribution in [0.25, 0.3) is 0 Å². The molecule has 1 N–H and O–H groups in total. The SMILES string of the molecule is Cc1ccc([C@H](C)NC(=O)CN(c2ccc(C)c(Cl)c2)S(=O)(=O)c2ccccc2)c(C)c1. The number of aryl methyl sites for hydroxylation is 3. The van der Waals surface area contributed by atoms with Gasteiger partial charge in [-0.25, -0.2) is 8.42 Å². The molecule has 0 unspecified atom stereocenters. The zero-order valence-electron chi connectivity index (χ0n) is 18.6. The third-order valence-electron chi connectivity index (χ3n) is 5.33. The van der Waals surface area contributed by atoms with E-state index in [0.717, 1.165) is 26.6 Å². The molecule has 168 valence electrons. The number of halogens is 1. The van der Waals surface area contributed by atoms with Gasteiger partial charge in [0, 0.05) is 5.02 Å². The van der Waals surface area contributed by atoms with Crippen LogP contribution in [0.5, 0.6) is 0 Å². The van der Waals surface area contributed by atoms with E-state index in [-0.39, 0.29) is 17.5 Å². The number of hydrogen-bond donors (Lipinski definition) is 1. The molecular formula is C25H27ClN2O3S. The second-order valence-electron chi connectivity index (χ2n) is 7.91. The number of anilines is 1. The summed E-state index contributed by atoms with van der Waals surface area (Å²) < 4.78 is 27.9. The van der Waals surface area contributed by atoms with Crippen LogP contribution in [0.4, 0.5) is 5.69 Å². The van der Waals surface area contributed by atoms with Gasteiger partial charge in [-0.1, -0.05) is 59.6 Å². The van der Waals surface area contributed by atoms with Crippen molar-refractivity contribution in [3.8, 4) is 0 Å². The summed E-state index contributed by atoms with van der Waals surface area (Å²) in [5, 5.41) is 3.36. The summed E-state index contributed by atoms with van der Waals surface area (Å²) in [5.41, 5.74) is 4.34. The monoisotopic (exact) mass is 470 g/mol. The van der Waals surface area contributed by atoms with E-state index in [1.165, 1.54) is 12.1 Å². The highest BCUT2D eigenvalue weighted by Crippen LogP contribution is 2.28. The smallest absolute Gasteiger partial charge is 0.264 e. The average molecular weight is 471 g/mol. The summed E-state index contributed by atoms with van der Waals surface area (Å²) in [6.07, 6.45) is 0. The Labute approximate surface area is 195 Å². The number of benzene rings is 3. The number of hydrogen-bond acceptors (Lipinski definition) is 3. The largest absolute Gasteiger partial charge is 0.348 e. The van der Waals surface area contributed by atoms with Crippen LogP contribution < -0.4 is 9.62 Å². The Bertz CT molecular complexity index is 1230. The fourth-order valence-electron chi connectivity index (χ4n) is 3.58. The van der Waals surface area contributed by atoms with Gasteiger partial charge in [0.1, 0.15) is 6.54 Å². The summed E-state index contributed by atoms with van der Waals surface area (Å²) in [7, 11) is -3.98. The Kier molecular flexibility index (Phi) is 7.26. The first-order chi connectivity index (χ1) is 15.1. The topological polar surface area (TPSA) is 66.5 Å². The Morgan fingerprint density at radius 2 is 1.66 bits per heavy atom. The lowest BCUT2D eigenvalue weighted by atomic mass is 10.0. The highest BCUT2D eigenvalue weighted by atomic mass is 35.5. The number of rotatable bonds is 7. The number of nitrogens with one attached hydrogen (secondary N) is 1. The molecule has 0 heterocycles. The van der Waals surface area contributed by atoms with Crippen LogP contribution in [0.15, 0.2) is 71.6 Å². The Morgan fingerprint density at radius 3 is 2.28 bits per heavy atom. The zero-order valence-corrected chi connectivity index (χ0v) is 20.2. The van der Waals surface area contributed by atoms with Crippen molar-refractivity contribution in [3.05, 3.63) is 94.0 Å². The van der Waals surface area contributed by atoms with E-state index in [9.17, 15) is 13.2 Å². The normalized spacial score (nSPS) is 12.3. The van der Waals surface area contributed by atoms with Crippen LogP contribution in [0.1, 0.15) is 35.2 Å². The number of carbonyl (C=O) groups excluding carboxylic acids is 1. The molecule has 0 aliphatic heterocycles. The molecular weight excluding hydrogens is 444 g/mol. The summed E-state index contributed by atoms with van der Waals surface area (Å²) in [6.45, 7) is 7.35. The fraction of sp³-hybridized carbons (Fsp3) is 0.240. The molecule has 32 heavy (non-hydrogen) atoms. The van der Waals surface area contributed by atoms with E-state index in [4.69, 9.17) is 11.6 Å². The van der Waals surface area contributed by atoms with Gasteiger partial charge in [0.05, 0.1) is 16.6 Å². The lowest BCUT2D eigenvalue weighted by Gasteiger charge is -2.26. The third-order valence-corrected chi connectivity index (χ3v) is 7.53. The minimum absolute atomic E-state index is 0.104. The number of sulfonamides is 1. The van der Waals surface area contributed by atoms with Crippen LogP contribution >= 0.6 is 11.6 Å². The first-order valence-corrected chi connectivity index (χ1v) is 12.1. The van der Waals surface area contributed by atoms with Crippen molar-refractivity contribution < 1.29 is 13.2 Å². The zero-order chi connectivity index (χ0) is 23.5. The molecule has 0 aromatic heterocycles. The van der Waals surface area contributed by atoms with E-state index in [1.807, 2.05) is 39.8 Å². The van der Waals surface area contributed by atoms with Gasteiger partial charge in [0.25, 0.3) is 10.0 Å². The molecule has 1 amide bonds. The highest BCUT2D eigenvalue weighted by molar-refractivity contribution is 7.92. The van der Waals surface area contributed by atoms with E-state index >= 15 is 0 Å². The molecule has 0 fully saturated rings. The summed E-state index contributed by atoms with van der Waals surface area (Å²) in [4.78, 5) is 13.1. The predicted octanol–water partition coefficient (Wildman–Crippen LogP) is 5.34. The maximum absolute atomic E-state index is 13.4. The van der Waals surface area contributed by atoms with Gasteiger partial charge in [0.2, 0.25) is 5.91 Å². The molecule has 0 saturated heterocycles. The molecule has 0 aliphatic carbocycles. The molecule has 0 aliphatic rings. The standard InChI is InChI=1S/C25H27ClN2O3S/c1-17-10-13-23(19(3)14-17)20(4)27-25(29)16-28(21-12-11-18(2)24(26)15-21)32(30,31)22-8-6-5-7-9-22/h5-15,20H,16H2,1-4H3,(H,27,29)/t20-/m0/s1. The van der Waals surface area contributed by atoms with Crippen molar-refractivity contribution in [2.24, 2.45) is 0 Å². The molecule has 0 bridgehead atoms. The van der Waals surface area contributed by atoms with E-state index < -0.39 is 15.9 Å². The fourth-order valence-corrected chi connectivity index (χ4v) is 5.19. The van der Waals surface area contributed by atoms with Crippen molar-refractivity contribution >= 4 is 33.2 Å². The van der Waals surface area contributed by atoms with E-state index in [0.29, 0.717) is 10.7 Å². The molecule has 7 heteroatoms. The van der Waals surface area contributed by atoms with Gasteiger partial charge in [-0.2, -0.15) is 0 Å². The Morgan fingerprint density at radius 1 is 0.969 bits per heavy atom. The maximum atomic E-state index is 13.4. The molecule has 1 atom stereocenters. The summed E-state index contributed by atoms with van der Waals surface area (Å²) in [6, 6.07) is 18.8. The van der Waals surface area contributed by atoms with Crippen molar-refractivity contribution in [1.29, 1.82) is 0 Å². The number of nitrogens with zero attached hydrogens (tertiary/aromatic N) is 1. The van der Waals surface area contributed by atoms with Crippen LogP contribution in [-0.2, 0) is 14.8 Å². The first-order valence-electron chi connectivity index (χ1n) is 10.3. The van der Waals surface area contributed by atoms with Crippen LogP contribution in [0.2, 0.25) is 5.02 Å². The lowest BCUT2D eigenvalue weighted by Crippen LogP contribution is -2.41. The molecule has 3 rings (SSSR count). The van der Waals surface area contributed by atoms with Crippen LogP contribution in [0.3, 0.4) is 0 Å². The summed E-state index contributed by atoms with van der Waals surface area (Å²) in [5.74, 6) is -0.409. The predicted molar refractivity (Wildman–Crippen MR) is 130 cm³/mol. The number of carbonyl (C=O) groups is 1. The van der Waals surface area contributed by atoms with E-state index in [1.54, 1.807) is 36.4 Å². The summed E-state index contributed by atoms with van der Waals surface area (Å²) >= 11 is 6.26. The molecule has 3 aromatic carbocycles. The van der Waals surface area contributed by atoms with Gasteiger partial charge in [-0.15, -0.1) is 0 Å². The molecule has 0 radical (unpaired) electrons. The molecule has 3 aromatic rings. The minimum Gasteiger partial charge on any atom is -0.348 e. The van der Waals surface area contributed by atoms with Gasteiger partial charge in [0.15, 0.2) is 0 Å². The van der Waals surface area contributed by atoms with Crippen molar-refractivity contribution in [2.45, 2.75) is 38.6 Å². The maximum Gasteiger partial charge on any atom is 0.264 e. The Balaban J connectivity index is 1.91. The second-order valence-corrected chi connectivity index (χ2v) is 10.2. The minimum atomic E-state index is -3.98. The van der Waals surface area contributed by atoms with Crippen molar-refractivity contribution in [1.82, 2.24) is 5.32 Å². The van der Waals surface area contributed by atoms with Crippen molar-refractivity contribution in [3.63, 3.8) is 0 Å². The second kappa shape index (κ2) is 9.76. The lowest BCUT2D eigenvalue weighted by molar-refractivity contribution is -0.120. The quantitative estimate of drug-likeness (QED) is 0.507. The van der Waals surface area contributed by atoms with Gasteiger partial charge >= 0.3 is 0 Å². The number of amides is 1. The average Bonchev–Trinajstić information content (AvgIpc) is 2.74. The van der Waals surface area contributed by atoms with Crippen molar-refractivity contribution in [2.75, 3.05) is 10.8 Å². The van der Waals surface area contributed by atoms with Gasteiger partial charge in [-0.05, 0) is 68.7 Å². The van der Waals surface area contributed by atoms with Gasteiger partial charge < -0.3 is 5.32 Å². The highest BCUT2D eigenvalue weighted by Gasteiger charge is 2.28. The first kappa shape index (κ1) is 23.8.